The number of hydrogen-bond acceptors (Lipinski definition) is 4. The minimum atomic E-state index is 0.111. The second kappa shape index (κ2) is 4.82. The average Bonchev–Trinajstić information content (AvgIpc) is 2.87. The van der Waals surface area contributed by atoms with Gasteiger partial charge in [0.25, 0.3) is 5.56 Å². The lowest BCUT2D eigenvalue weighted by molar-refractivity contribution is 0.0951. The summed E-state index contributed by atoms with van der Waals surface area (Å²) in [5.41, 5.74) is 1.92. The molecule has 3 heterocycles. The number of ether oxygens (including phenoxy) is 1. The van der Waals surface area contributed by atoms with Gasteiger partial charge >= 0.3 is 0 Å². The van der Waals surface area contributed by atoms with E-state index in [0.717, 1.165) is 49.5 Å². The molecule has 0 spiro atoms. The fraction of sp³-hybridized carbons (Fsp3) is 0.692. The third-order valence-electron chi connectivity index (χ3n) is 3.79. The Hall–Kier alpha value is -1.20. The fourth-order valence-electron chi connectivity index (χ4n) is 2.77. The molecule has 1 atom stereocenters. The zero-order valence-electron chi connectivity index (χ0n) is 10.7. The Bertz CT molecular complexity index is 504. The summed E-state index contributed by atoms with van der Waals surface area (Å²) in [6, 6.07) is 0. The van der Waals surface area contributed by atoms with Crippen LogP contribution in [0.15, 0.2) is 4.79 Å². The largest absolute Gasteiger partial charge is 0.376 e. The molecule has 1 fully saturated rings. The zero-order valence-corrected chi connectivity index (χ0v) is 10.7. The smallest absolute Gasteiger partial charge is 0.258 e. The molecule has 2 aliphatic heterocycles. The second-order valence-electron chi connectivity index (χ2n) is 5.06. The molecule has 1 aromatic rings. The van der Waals surface area contributed by atoms with Gasteiger partial charge in [0, 0.05) is 26.1 Å². The first-order chi connectivity index (χ1) is 8.75. The van der Waals surface area contributed by atoms with Gasteiger partial charge in [-0.15, -0.1) is 0 Å². The van der Waals surface area contributed by atoms with E-state index in [2.05, 4.69) is 10.3 Å². The molecule has 0 bridgehead atoms. The lowest BCUT2D eigenvalue weighted by Gasteiger charge is -2.20. The molecule has 0 aromatic carbocycles. The van der Waals surface area contributed by atoms with Crippen molar-refractivity contribution >= 4 is 0 Å². The Morgan fingerprint density at radius 3 is 3.22 bits per heavy atom. The first-order valence-corrected chi connectivity index (χ1v) is 6.67. The Balaban J connectivity index is 1.95. The highest BCUT2D eigenvalue weighted by Gasteiger charge is 2.21. The van der Waals surface area contributed by atoms with E-state index >= 15 is 0 Å². The maximum absolute atomic E-state index is 12.4. The third-order valence-corrected chi connectivity index (χ3v) is 3.79. The minimum absolute atomic E-state index is 0.111. The molecule has 18 heavy (non-hydrogen) atoms. The van der Waals surface area contributed by atoms with Crippen LogP contribution in [-0.2, 0) is 24.2 Å². The molecule has 2 aliphatic rings. The maximum atomic E-state index is 12.4. The number of aromatic nitrogens is 2. The maximum Gasteiger partial charge on any atom is 0.258 e. The van der Waals surface area contributed by atoms with Crippen LogP contribution in [-0.4, -0.2) is 28.8 Å². The van der Waals surface area contributed by atoms with Crippen molar-refractivity contribution in [2.24, 2.45) is 0 Å². The van der Waals surface area contributed by atoms with E-state index in [4.69, 9.17) is 4.74 Å². The molecular weight excluding hydrogens is 230 g/mol. The van der Waals surface area contributed by atoms with Crippen LogP contribution >= 0.6 is 0 Å². The van der Waals surface area contributed by atoms with E-state index in [0.29, 0.717) is 13.1 Å². The topological polar surface area (TPSA) is 56.2 Å². The van der Waals surface area contributed by atoms with Crippen molar-refractivity contribution in [1.82, 2.24) is 14.9 Å². The van der Waals surface area contributed by atoms with Crippen molar-refractivity contribution in [3.8, 4) is 0 Å². The summed E-state index contributed by atoms with van der Waals surface area (Å²) >= 11 is 0. The number of rotatable bonds is 2. The van der Waals surface area contributed by atoms with Gasteiger partial charge in [0.1, 0.15) is 5.82 Å². The first kappa shape index (κ1) is 11.9. The van der Waals surface area contributed by atoms with Gasteiger partial charge in [-0.05, 0) is 19.8 Å². The molecule has 5 heteroatoms. The molecule has 1 aromatic heterocycles. The molecule has 1 N–H and O–H groups in total. The van der Waals surface area contributed by atoms with E-state index in [1.54, 1.807) is 4.57 Å². The molecule has 98 valence electrons. The van der Waals surface area contributed by atoms with Gasteiger partial charge in [-0.1, -0.05) is 0 Å². The predicted molar refractivity (Wildman–Crippen MR) is 67.6 cm³/mol. The van der Waals surface area contributed by atoms with Gasteiger partial charge < -0.3 is 10.1 Å². The Labute approximate surface area is 106 Å². The number of nitrogens with zero attached hydrogens (tertiary/aromatic N) is 2. The molecular formula is C13H19N3O2. The highest BCUT2D eigenvalue weighted by molar-refractivity contribution is 5.21. The summed E-state index contributed by atoms with van der Waals surface area (Å²) in [5, 5.41) is 3.24. The molecule has 0 saturated carbocycles. The van der Waals surface area contributed by atoms with Crippen molar-refractivity contribution in [2.45, 2.75) is 45.4 Å². The average molecular weight is 249 g/mol. The van der Waals surface area contributed by atoms with Crippen LogP contribution in [0.25, 0.3) is 0 Å². The monoisotopic (exact) mass is 249 g/mol. The lowest BCUT2D eigenvalue weighted by Crippen LogP contribution is -2.37. The Morgan fingerprint density at radius 2 is 2.44 bits per heavy atom. The van der Waals surface area contributed by atoms with Gasteiger partial charge in [0.2, 0.25) is 0 Å². The summed E-state index contributed by atoms with van der Waals surface area (Å²) in [6.07, 6.45) is 3.17. The van der Waals surface area contributed by atoms with Gasteiger partial charge in [-0.3, -0.25) is 9.36 Å². The van der Waals surface area contributed by atoms with Crippen LogP contribution in [0.4, 0.5) is 0 Å². The normalized spacial score (nSPS) is 23.1. The molecule has 0 radical (unpaired) electrons. The molecule has 0 aliphatic carbocycles. The third kappa shape index (κ3) is 2.08. The molecule has 1 saturated heterocycles. The van der Waals surface area contributed by atoms with E-state index in [-0.39, 0.29) is 11.7 Å². The van der Waals surface area contributed by atoms with Crippen molar-refractivity contribution in [1.29, 1.82) is 0 Å². The highest BCUT2D eigenvalue weighted by atomic mass is 16.5. The Morgan fingerprint density at radius 1 is 1.56 bits per heavy atom. The molecule has 0 amide bonds. The summed E-state index contributed by atoms with van der Waals surface area (Å²) in [4.78, 5) is 17.0. The van der Waals surface area contributed by atoms with E-state index < -0.39 is 0 Å². The second-order valence-corrected chi connectivity index (χ2v) is 5.06. The van der Waals surface area contributed by atoms with Crippen LogP contribution in [0.2, 0.25) is 0 Å². The Kier molecular flexibility index (Phi) is 3.18. The summed E-state index contributed by atoms with van der Waals surface area (Å²) < 4.78 is 7.39. The van der Waals surface area contributed by atoms with Gasteiger partial charge in [-0.25, -0.2) is 4.98 Å². The van der Waals surface area contributed by atoms with Gasteiger partial charge in [0.05, 0.1) is 23.9 Å². The van der Waals surface area contributed by atoms with Crippen molar-refractivity contribution in [3.05, 3.63) is 27.4 Å². The van der Waals surface area contributed by atoms with Crippen molar-refractivity contribution < 1.29 is 4.74 Å². The molecule has 5 nitrogen and oxygen atoms in total. The van der Waals surface area contributed by atoms with Crippen molar-refractivity contribution in [3.63, 3.8) is 0 Å². The highest BCUT2D eigenvalue weighted by Crippen LogP contribution is 2.15. The summed E-state index contributed by atoms with van der Waals surface area (Å²) in [5.74, 6) is 0.816. The quantitative estimate of drug-likeness (QED) is 0.823. The number of fused-ring (bicyclic) bond motifs is 1. The van der Waals surface area contributed by atoms with Crippen LogP contribution in [0, 0.1) is 6.92 Å². The first-order valence-electron chi connectivity index (χ1n) is 6.67. The van der Waals surface area contributed by atoms with Crippen LogP contribution in [0.1, 0.15) is 29.9 Å². The van der Waals surface area contributed by atoms with E-state index in [9.17, 15) is 4.79 Å². The van der Waals surface area contributed by atoms with Crippen molar-refractivity contribution in [2.75, 3.05) is 13.2 Å². The molecule has 0 unspecified atom stereocenters. The van der Waals surface area contributed by atoms with E-state index in [1.165, 1.54) is 0 Å². The minimum Gasteiger partial charge on any atom is -0.376 e. The van der Waals surface area contributed by atoms with Crippen LogP contribution < -0.4 is 10.9 Å². The standard InChI is InChI=1S/C13H19N3O2/c1-9-15-12-4-5-14-7-11(12)13(17)16(9)8-10-3-2-6-18-10/h10,14H,2-8H2,1H3/t10-/m0/s1. The lowest BCUT2D eigenvalue weighted by atomic mass is 10.1. The van der Waals surface area contributed by atoms with Crippen LogP contribution in [0.3, 0.4) is 0 Å². The van der Waals surface area contributed by atoms with Gasteiger partial charge in [-0.2, -0.15) is 0 Å². The predicted octanol–water partition coefficient (Wildman–Crippen LogP) is 0.376. The number of hydrogen-bond donors (Lipinski definition) is 1. The summed E-state index contributed by atoms with van der Waals surface area (Å²) in [6.45, 7) is 4.93. The number of nitrogens with one attached hydrogen (secondary N) is 1. The zero-order chi connectivity index (χ0) is 12.5. The van der Waals surface area contributed by atoms with E-state index in [1.807, 2.05) is 6.92 Å². The van der Waals surface area contributed by atoms with Gasteiger partial charge in [0.15, 0.2) is 0 Å². The molecule has 3 rings (SSSR count). The van der Waals surface area contributed by atoms with Crippen LogP contribution in [0.5, 0.6) is 0 Å². The summed E-state index contributed by atoms with van der Waals surface area (Å²) in [7, 11) is 0. The SMILES string of the molecule is Cc1nc2c(c(=O)n1C[C@@H]1CCCO1)CNCC2. The fourth-order valence-corrected chi connectivity index (χ4v) is 2.77. The number of aryl methyl sites for hydroxylation is 1.